The van der Waals surface area contributed by atoms with Gasteiger partial charge in [-0.1, -0.05) is 18.2 Å². The second-order valence-electron chi connectivity index (χ2n) is 8.34. The zero-order valence-electron chi connectivity index (χ0n) is 18.1. The van der Waals surface area contributed by atoms with Crippen LogP contribution in [0.4, 0.5) is 10.5 Å². The van der Waals surface area contributed by atoms with Crippen molar-refractivity contribution in [3.05, 3.63) is 54.6 Å². The fraction of sp³-hybridized carbons (Fsp3) is 0.348. The van der Waals surface area contributed by atoms with Gasteiger partial charge < -0.3 is 19.6 Å². The van der Waals surface area contributed by atoms with Gasteiger partial charge in [-0.05, 0) is 42.8 Å². The lowest BCUT2D eigenvalue weighted by Crippen LogP contribution is -2.66. The molecule has 2 N–H and O–H groups in total. The van der Waals surface area contributed by atoms with Crippen LogP contribution in [0.2, 0.25) is 0 Å². The van der Waals surface area contributed by atoms with Crippen molar-refractivity contribution in [1.29, 1.82) is 0 Å². The summed E-state index contributed by atoms with van der Waals surface area (Å²) in [5.41, 5.74) is 0.958. The Morgan fingerprint density at radius 3 is 2.45 bits per heavy atom. The summed E-state index contributed by atoms with van der Waals surface area (Å²) in [5.74, 6) is -0.220. The number of carboxylic acids is 1. The Balaban J connectivity index is 1.36. The van der Waals surface area contributed by atoms with Crippen LogP contribution in [-0.2, 0) is 9.59 Å². The topological polar surface area (TPSA) is 106 Å². The van der Waals surface area contributed by atoms with E-state index in [1.807, 2.05) is 59.5 Å². The molecule has 0 spiro atoms. The number of carboxylic acid groups (broad SMARTS) is 1. The number of nitrogens with one attached hydrogen (secondary N) is 1. The van der Waals surface area contributed by atoms with E-state index in [4.69, 9.17) is 9.84 Å². The molecule has 0 aliphatic carbocycles. The summed E-state index contributed by atoms with van der Waals surface area (Å²) in [6.45, 7) is 0.798. The predicted molar refractivity (Wildman–Crippen MR) is 119 cm³/mol. The highest BCUT2D eigenvalue weighted by Gasteiger charge is 2.56. The molecule has 3 aliphatic rings. The number of nitrogens with zero attached hydrogens (tertiary/aromatic N) is 4. The Morgan fingerprint density at radius 2 is 1.76 bits per heavy atom. The number of imide groups is 1. The largest absolute Gasteiger partial charge is 0.480 e. The molecule has 0 bridgehead atoms. The van der Waals surface area contributed by atoms with Crippen LogP contribution >= 0.6 is 0 Å². The predicted octanol–water partition coefficient (Wildman–Crippen LogP) is 1.55. The summed E-state index contributed by atoms with van der Waals surface area (Å²) >= 11 is 0. The number of hydrogen-bond acceptors (Lipinski definition) is 7. The standard InChI is InChI=1S/C23H25N5O5/c1-25-20-19(21(31)28(23(25)32)14-18(29)30)27-13-5-12-26(22(27)24-20)15-8-10-17(11-9-15)33-16-6-3-2-4-7-16/h2-4,6-11,19-20,22,24H,5,12-14H2,1H3,(H,29,30). The molecule has 2 aromatic carbocycles. The van der Waals surface area contributed by atoms with Crippen molar-refractivity contribution in [2.24, 2.45) is 0 Å². The molecule has 33 heavy (non-hydrogen) atoms. The number of carbonyl (C=O) groups is 3. The second-order valence-corrected chi connectivity index (χ2v) is 8.34. The maximum atomic E-state index is 13.1. The van der Waals surface area contributed by atoms with Gasteiger partial charge in [0.2, 0.25) is 0 Å². The minimum absolute atomic E-state index is 0.293. The summed E-state index contributed by atoms with van der Waals surface area (Å²) in [4.78, 5) is 43.4. The number of para-hydroxylation sites is 1. The van der Waals surface area contributed by atoms with Crippen molar-refractivity contribution in [1.82, 2.24) is 20.0 Å². The third-order valence-electron chi connectivity index (χ3n) is 6.31. The zero-order valence-corrected chi connectivity index (χ0v) is 18.1. The smallest absolute Gasteiger partial charge is 0.328 e. The fourth-order valence-electron chi connectivity index (χ4n) is 4.79. The number of urea groups is 1. The Hall–Kier alpha value is -3.63. The summed E-state index contributed by atoms with van der Waals surface area (Å²) in [6, 6.07) is 16.0. The van der Waals surface area contributed by atoms with Gasteiger partial charge in [0.25, 0.3) is 5.91 Å². The van der Waals surface area contributed by atoms with Crippen LogP contribution in [0.1, 0.15) is 6.42 Å². The van der Waals surface area contributed by atoms with E-state index in [2.05, 4.69) is 10.2 Å². The van der Waals surface area contributed by atoms with E-state index in [1.165, 1.54) is 4.90 Å². The molecule has 10 nitrogen and oxygen atoms in total. The summed E-state index contributed by atoms with van der Waals surface area (Å²) in [7, 11) is 1.59. The minimum atomic E-state index is -1.22. The average Bonchev–Trinajstić information content (AvgIpc) is 3.22. The molecule has 0 radical (unpaired) electrons. The number of likely N-dealkylation sites (N-methyl/N-ethyl adjacent to an activating group) is 1. The van der Waals surface area contributed by atoms with E-state index in [-0.39, 0.29) is 6.29 Å². The maximum Gasteiger partial charge on any atom is 0.328 e. The van der Waals surface area contributed by atoms with Crippen LogP contribution in [0.3, 0.4) is 0 Å². The van der Waals surface area contributed by atoms with Gasteiger partial charge in [0.05, 0.1) is 0 Å². The van der Waals surface area contributed by atoms with Crippen molar-refractivity contribution in [2.75, 3.05) is 31.6 Å². The fourth-order valence-corrected chi connectivity index (χ4v) is 4.79. The van der Waals surface area contributed by atoms with Gasteiger partial charge in [0.1, 0.15) is 36.5 Å². The number of rotatable bonds is 5. The molecule has 0 saturated carbocycles. The van der Waals surface area contributed by atoms with Gasteiger partial charge in [0, 0.05) is 25.8 Å². The zero-order chi connectivity index (χ0) is 23.1. The monoisotopic (exact) mass is 451 g/mol. The van der Waals surface area contributed by atoms with Crippen molar-refractivity contribution in [3.63, 3.8) is 0 Å². The molecule has 3 saturated heterocycles. The van der Waals surface area contributed by atoms with E-state index in [9.17, 15) is 14.4 Å². The first-order valence-corrected chi connectivity index (χ1v) is 10.9. The molecule has 5 rings (SSSR count). The van der Waals surface area contributed by atoms with E-state index < -0.39 is 36.7 Å². The summed E-state index contributed by atoms with van der Waals surface area (Å²) in [5, 5.41) is 12.6. The second kappa shape index (κ2) is 8.38. The molecule has 0 aromatic heterocycles. The number of benzene rings is 2. The van der Waals surface area contributed by atoms with Gasteiger partial charge in [-0.3, -0.25) is 24.7 Å². The first-order chi connectivity index (χ1) is 15.9. The van der Waals surface area contributed by atoms with Crippen LogP contribution in [0, 0.1) is 0 Å². The lowest BCUT2D eigenvalue weighted by molar-refractivity contribution is -0.147. The van der Waals surface area contributed by atoms with E-state index in [0.717, 1.165) is 35.1 Å². The van der Waals surface area contributed by atoms with Crippen LogP contribution in [0.15, 0.2) is 54.6 Å². The quantitative estimate of drug-likeness (QED) is 0.706. The first kappa shape index (κ1) is 21.2. The molecule has 3 fully saturated rings. The summed E-state index contributed by atoms with van der Waals surface area (Å²) < 4.78 is 5.88. The number of carbonyl (C=O) groups excluding carboxylic acids is 2. The van der Waals surface area contributed by atoms with Crippen LogP contribution in [-0.4, -0.2) is 82.9 Å². The minimum Gasteiger partial charge on any atom is -0.480 e. The third kappa shape index (κ3) is 3.77. The van der Waals surface area contributed by atoms with Crippen LogP contribution in [0.5, 0.6) is 11.5 Å². The van der Waals surface area contributed by atoms with Gasteiger partial charge in [-0.15, -0.1) is 0 Å². The number of fused-ring (bicyclic) bond motifs is 3. The van der Waals surface area contributed by atoms with Crippen molar-refractivity contribution >= 4 is 23.6 Å². The van der Waals surface area contributed by atoms with E-state index in [1.54, 1.807) is 7.05 Å². The maximum absolute atomic E-state index is 13.1. The van der Waals surface area contributed by atoms with Crippen LogP contribution < -0.4 is 15.0 Å². The average molecular weight is 451 g/mol. The molecule has 172 valence electrons. The highest BCUT2D eigenvalue weighted by atomic mass is 16.5. The number of hydrogen-bond donors (Lipinski definition) is 2. The SMILES string of the molecule is CN1C(=O)N(CC(=O)O)C(=O)C2C1NC1N(c3ccc(Oc4ccccc4)cc3)CCCN21. The van der Waals surface area contributed by atoms with Gasteiger partial charge in [-0.2, -0.15) is 0 Å². The molecule has 3 amide bonds. The lowest BCUT2D eigenvalue weighted by Gasteiger charge is -2.43. The molecular formula is C23H25N5O5. The number of ether oxygens (including phenoxy) is 1. The number of anilines is 1. The molecule has 10 heteroatoms. The van der Waals surface area contributed by atoms with Crippen molar-refractivity contribution < 1.29 is 24.2 Å². The Kier molecular flexibility index (Phi) is 5.39. The number of aliphatic carboxylic acids is 1. The van der Waals surface area contributed by atoms with Crippen molar-refractivity contribution in [3.8, 4) is 11.5 Å². The molecular weight excluding hydrogens is 426 g/mol. The van der Waals surface area contributed by atoms with Gasteiger partial charge >= 0.3 is 12.0 Å². The highest BCUT2D eigenvalue weighted by molar-refractivity contribution is 6.02. The van der Waals surface area contributed by atoms with E-state index >= 15 is 0 Å². The van der Waals surface area contributed by atoms with Gasteiger partial charge in [-0.25, -0.2) is 4.79 Å². The summed E-state index contributed by atoms with van der Waals surface area (Å²) in [6.07, 6.45) is 0.00743. The lowest BCUT2D eigenvalue weighted by atomic mass is 10.1. The third-order valence-corrected chi connectivity index (χ3v) is 6.31. The molecule has 3 atom stereocenters. The Morgan fingerprint density at radius 1 is 1.06 bits per heavy atom. The number of amides is 3. The molecule has 3 aliphatic heterocycles. The van der Waals surface area contributed by atoms with Gasteiger partial charge in [0.15, 0.2) is 0 Å². The van der Waals surface area contributed by atoms with E-state index in [0.29, 0.717) is 6.54 Å². The molecule has 2 aromatic rings. The normalized spacial score (nSPS) is 25.1. The molecule has 3 heterocycles. The van der Waals surface area contributed by atoms with Crippen LogP contribution in [0.25, 0.3) is 0 Å². The Bertz CT molecular complexity index is 1060. The van der Waals surface area contributed by atoms with Crippen molar-refractivity contribution in [2.45, 2.75) is 24.9 Å². The first-order valence-electron chi connectivity index (χ1n) is 10.9. The molecule has 3 unspecified atom stereocenters. The Labute approximate surface area is 190 Å². The highest BCUT2D eigenvalue weighted by Crippen LogP contribution is 2.34.